The normalized spacial score (nSPS) is 11.7. The minimum Gasteiger partial charge on any atom is -0.356 e. The van der Waals surface area contributed by atoms with Crippen LogP contribution in [0.1, 0.15) is 16.5 Å². The molecule has 0 fully saturated rings. The third-order valence-electron chi connectivity index (χ3n) is 4.13. The maximum absolute atomic E-state index is 4.67. The second-order valence-electron chi connectivity index (χ2n) is 5.99. The lowest BCUT2D eigenvalue weighted by atomic mass is 10.3. The van der Waals surface area contributed by atoms with E-state index in [0.717, 1.165) is 43.7 Å². The molecule has 3 heterocycles. The number of rotatable bonds is 8. The van der Waals surface area contributed by atoms with E-state index < -0.39 is 0 Å². The molecule has 26 heavy (non-hydrogen) atoms. The molecular formula is C18H25N7S. The highest BCUT2D eigenvalue weighted by Crippen LogP contribution is 2.08. The van der Waals surface area contributed by atoms with E-state index >= 15 is 0 Å². The Morgan fingerprint density at radius 1 is 1.15 bits per heavy atom. The van der Waals surface area contributed by atoms with Gasteiger partial charge in [-0.1, -0.05) is 6.07 Å². The quantitative estimate of drug-likeness (QED) is 0.469. The SMILES string of the molecule is Cc1nnc(CN=C(NCCc2cccs2)NCCn2cccc2)n1C. The predicted molar refractivity (Wildman–Crippen MR) is 105 cm³/mol. The lowest BCUT2D eigenvalue weighted by Gasteiger charge is -2.13. The molecule has 0 saturated heterocycles. The molecule has 0 aliphatic carbocycles. The zero-order chi connectivity index (χ0) is 18.2. The molecule has 0 radical (unpaired) electrons. The summed E-state index contributed by atoms with van der Waals surface area (Å²) in [7, 11) is 1.96. The van der Waals surface area contributed by atoms with Crippen LogP contribution in [0.15, 0.2) is 47.0 Å². The van der Waals surface area contributed by atoms with Gasteiger partial charge >= 0.3 is 0 Å². The summed E-state index contributed by atoms with van der Waals surface area (Å²) in [4.78, 5) is 6.04. The molecule has 0 aliphatic heterocycles. The van der Waals surface area contributed by atoms with E-state index in [9.17, 15) is 0 Å². The summed E-state index contributed by atoms with van der Waals surface area (Å²) < 4.78 is 4.11. The lowest BCUT2D eigenvalue weighted by Crippen LogP contribution is -2.39. The number of aromatic nitrogens is 4. The number of hydrogen-bond acceptors (Lipinski definition) is 4. The van der Waals surface area contributed by atoms with Crippen molar-refractivity contribution in [1.82, 2.24) is 30.0 Å². The molecule has 7 nitrogen and oxygen atoms in total. The van der Waals surface area contributed by atoms with Gasteiger partial charge in [0.15, 0.2) is 11.8 Å². The minimum atomic E-state index is 0.495. The van der Waals surface area contributed by atoms with E-state index in [1.807, 2.05) is 30.7 Å². The molecule has 0 spiro atoms. The van der Waals surface area contributed by atoms with Gasteiger partial charge in [-0.05, 0) is 36.9 Å². The van der Waals surface area contributed by atoms with E-state index in [2.05, 4.69) is 60.3 Å². The fraction of sp³-hybridized carbons (Fsp3) is 0.389. The van der Waals surface area contributed by atoms with Crippen LogP contribution in [0.25, 0.3) is 0 Å². The van der Waals surface area contributed by atoms with Crippen LogP contribution in [-0.2, 0) is 26.6 Å². The Morgan fingerprint density at radius 2 is 1.96 bits per heavy atom. The van der Waals surface area contributed by atoms with Crippen LogP contribution in [0.2, 0.25) is 0 Å². The van der Waals surface area contributed by atoms with Gasteiger partial charge < -0.3 is 19.8 Å². The molecule has 3 aromatic heterocycles. The highest BCUT2D eigenvalue weighted by molar-refractivity contribution is 7.09. The molecule has 0 amide bonds. The molecule has 8 heteroatoms. The number of nitrogens with zero attached hydrogens (tertiary/aromatic N) is 5. The summed E-state index contributed by atoms with van der Waals surface area (Å²) in [6.07, 6.45) is 5.11. The monoisotopic (exact) mass is 371 g/mol. The van der Waals surface area contributed by atoms with Gasteiger partial charge in [0.1, 0.15) is 12.4 Å². The Labute approximate surface area is 157 Å². The minimum absolute atomic E-state index is 0.495. The summed E-state index contributed by atoms with van der Waals surface area (Å²) in [6.45, 7) is 4.97. The smallest absolute Gasteiger partial charge is 0.191 e. The van der Waals surface area contributed by atoms with Gasteiger partial charge in [-0.3, -0.25) is 0 Å². The Kier molecular flexibility index (Phi) is 6.43. The van der Waals surface area contributed by atoms with Crippen molar-refractivity contribution in [2.24, 2.45) is 12.0 Å². The van der Waals surface area contributed by atoms with Gasteiger partial charge in [0.25, 0.3) is 0 Å². The van der Waals surface area contributed by atoms with Crippen LogP contribution in [-0.4, -0.2) is 38.4 Å². The van der Waals surface area contributed by atoms with E-state index in [0.29, 0.717) is 6.54 Å². The van der Waals surface area contributed by atoms with Crippen molar-refractivity contribution in [3.05, 3.63) is 58.6 Å². The standard InChI is InChI=1S/C18H25N7S/c1-15-22-23-17(24(15)2)14-21-18(19-8-7-16-6-5-13-26-16)20-9-12-25-10-3-4-11-25/h3-6,10-11,13H,7-9,12,14H2,1-2H3,(H2,19,20,21). The van der Waals surface area contributed by atoms with E-state index in [1.165, 1.54) is 4.88 Å². The third-order valence-corrected chi connectivity index (χ3v) is 5.07. The topological polar surface area (TPSA) is 72.1 Å². The van der Waals surface area contributed by atoms with Gasteiger partial charge in [0.05, 0.1) is 0 Å². The predicted octanol–water partition coefficient (Wildman–Crippen LogP) is 1.96. The fourth-order valence-corrected chi connectivity index (χ4v) is 3.20. The van der Waals surface area contributed by atoms with Gasteiger partial charge in [-0.25, -0.2) is 4.99 Å². The number of thiophene rings is 1. The highest BCUT2D eigenvalue weighted by Gasteiger charge is 2.05. The second kappa shape index (κ2) is 9.19. The van der Waals surface area contributed by atoms with E-state index in [-0.39, 0.29) is 0 Å². The summed E-state index contributed by atoms with van der Waals surface area (Å²) in [6, 6.07) is 8.31. The van der Waals surface area contributed by atoms with Crippen molar-refractivity contribution in [2.75, 3.05) is 13.1 Å². The van der Waals surface area contributed by atoms with E-state index in [4.69, 9.17) is 0 Å². The van der Waals surface area contributed by atoms with Gasteiger partial charge in [-0.15, -0.1) is 21.5 Å². The van der Waals surface area contributed by atoms with Crippen LogP contribution in [0.4, 0.5) is 0 Å². The van der Waals surface area contributed by atoms with Crippen molar-refractivity contribution in [3.63, 3.8) is 0 Å². The van der Waals surface area contributed by atoms with Crippen LogP contribution >= 0.6 is 11.3 Å². The fourth-order valence-electron chi connectivity index (χ4n) is 2.49. The van der Waals surface area contributed by atoms with Crippen LogP contribution in [0.5, 0.6) is 0 Å². The molecule has 0 bridgehead atoms. The molecule has 0 aliphatic rings. The number of guanidine groups is 1. The maximum Gasteiger partial charge on any atom is 0.191 e. The first-order valence-corrected chi connectivity index (χ1v) is 9.60. The van der Waals surface area contributed by atoms with Crippen molar-refractivity contribution in [2.45, 2.75) is 26.4 Å². The molecule has 0 unspecified atom stereocenters. The van der Waals surface area contributed by atoms with Crippen molar-refractivity contribution >= 4 is 17.3 Å². The molecule has 0 saturated carbocycles. The average Bonchev–Trinajstić information content (AvgIpc) is 3.38. The maximum atomic E-state index is 4.67. The summed E-state index contributed by atoms with van der Waals surface area (Å²) in [5.41, 5.74) is 0. The molecular weight excluding hydrogens is 346 g/mol. The zero-order valence-corrected chi connectivity index (χ0v) is 16.0. The zero-order valence-electron chi connectivity index (χ0n) is 15.2. The molecule has 0 atom stereocenters. The average molecular weight is 372 g/mol. The number of nitrogens with one attached hydrogen (secondary N) is 2. The number of aliphatic imine (C=N–C) groups is 1. The van der Waals surface area contributed by atoms with Gasteiger partial charge in [-0.2, -0.15) is 0 Å². The van der Waals surface area contributed by atoms with Crippen LogP contribution < -0.4 is 10.6 Å². The first kappa shape index (κ1) is 18.2. The highest BCUT2D eigenvalue weighted by atomic mass is 32.1. The Hall–Kier alpha value is -2.61. The first-order chi connectivity index (χ1) is 12.7. The Bertz CT molecular complexity index is 761. The third kappa shape index (κ3) is 5.19. The number of aryl methyl sites for hydroxylation is 1. The lowest BCUT2D eigenvalue weighted by molar-refractivity contribution is 0.661. The van der Waals surface area contributed by atoms with Gasteiger partial charge in [0, 0.05) is 44.0 Å². The summed E-state index contributed by atoms with van der Waals surface area (Å²) >= 11 is 1.78. The Balaban J connectivity index is 1.55. The van der Waals surface area contributed by atoms with Crippen molar-refractivity contribution in [1.29, 1.82) is 0 Å². The second-order valence-corrected chi connectivity index (χ2v) is 7.02. The summed E-state index contributed by atoms with van der Waals surface area (Å²) in [5, 5.41) is 17.2. The van der Waals surface area contributed by atoms with Crippen LogP contribution in [0.3, 0.4) is 0 Å². The summed E-state index contributed by atoms with van der Waals surface area (Å²) in [5.74, 6) is 2.55. The molecule has 0 aromatic carbocycles. The largest absolute Gasteiger partial charge is 0.356 e. The van der Waals surface area contributed by atoms with Gasteiger partial charge in [0.2, 0.25) is 0 Å². The van der Waals surface area contributed by atoms with Crippen molar-refractivity contribution < 1.29 is 0 Å². The van der Waals surface area contributed by atoms with Crippen molar-refractivity contribution in [3.8, 4) is 0 Å². The molecule has 3 rings (SSSR count). The van der Waals surface area contributed by atoms with Crippen LogP contribution in [0, 0.1) is 6.92 Å². The van der Waals surface area contributed by atoms with E-state index in [1.54, 1.807) is 11.3 Å². The molecule has 138 valence electrons. The first-order valence-electron chi connectivity index (χ1n) is 8.72. The molecule has 2 N–H and O–H groups in total. The molecule has 3 aromatic rings. The Morgan fingerprint density at radius 3 is 2.65 bits per heavy atom. The number of hydrogen-bond donors (Lipinski definition) is 2.